The van der Waals surface area contributed by atoms with Crippen molar-refractivity contribution in [2.24, 2.45) is 16.1 Å². The molecule has 27 heavy (non-hydrogen) atoms. The van der Waals surface area contributed by atoms with E-state index in [0.29, 0.717) is 21.3 Å². The van der Waals surface area contributed by atoms with Gasteiger partial charge in [-0.25, -0.2) is 4.90 Å². The molecule has 0 radical (unpaired) electrons. The lowest BCUT2D eigenvalue weighted by Crippen LogP contribution is -2.37. The second-order valence-corrected chi connectivity index (χ2v) is 7.50. The number of rotatable bonds is 2. The smallest absolute Gasteiger partial charge is 0.264 e. The van der Waals surface area contributed by atoms with Gasteiger partial charge in [-0.2, -0.15) is 15.5 Å². The molecule has 0 spiro atoms. The maximum absolute atomic E-state index is 13.2. The van der Waals surface area contributed by atoms with Crippen molar-refractivity contribution in [3.63, 3.8) is 0 Å². The molecule has 0 saturated carbocycles. The molecule has 2 aromatic carbocycles. The van der Waals surface area contributed by atoms with Crippen molar-refractivity contribution in [3.8, 4) is 6.07 Å². The molecule has 1 fully saturated rings. The number of carbonyl (C=O) groups is 2. The van der Waals surface area contributed by atoms with Crippen LogP contribution in [0.25, 0.3) is 0 Å². The van der Waals surface area contributed by atoms with Gasteiger partial charge in [-0.3, -0.25) is 9.59 Å². The Hall–Kier alpha value is -2.75. The van der Waals surface area contributed by atoms with Crippen molar-refractivity contribution in [2.75, 3.05) is 4.90 Å². The monoisotopic (exact) mass is 398 g/mol. The molecule has 2 heterocycles. The Morgan fingerprint density at radius 2 is 1.74 bits per heavy atom. The summed E-state index contributed by atoms with van der Waals surface area (Å²) in [5.41, 5.74) is 0.246. The minimum atomic E-state index is -1.29. The summed E-state index contributed by atoms with van der Waals surface area (Å²) in [4.78, 5) is 27.3. The van der Waals surface area contributed by atoms with Crippen LogP contribution in [0.3, 0.4) is 0 Å². The molecule has 3 unspecified atom stereocenters. The van der Waals surface area contributed by atoms with E-state index in [0.717, 1.165) is 10.5 Å². The highest BCUT2D eigenvalue weighted by atomic mass is 35.5. The van der Waals surface area contributed by atoms with Gasteiger partial charge < -0.3 is 0 Å². The Bertz CT molecular complexity index is 1020. The summed E-state index contributed by atoms with van der Waals surface area (Å²) in [6.45, 7) is 1.61. The fraction of sp³-hybridized carbons (Fsp3) is 0.211. The van der Waals surface area contributed by atoms with Crippen molar-refractivity contribution in [1.29, 1.82) is 5.26 Å². The SMILES string of the molecule is CC12N=NC(c3ccc(C#N)cc3)C1C(=O)N(c1cc(Cl)cc(Cl)c1)C2=O. The molecular weight excluding hydrogens is 387 g/mol. The molecule has 0 aliphatic carbocycles. The number of anilines is 1. The molecule has 134 valence electrons. The van der Waals surface area contributed by atoms with Gasteiger partial charge >= 0.3 is 0 Å². The Morgan fingerprint density at radius 3 is 2.33 bits per heavy atom. The summed E-state index contributed by atoms with van der Waals surface area (Å²) < 4.78 is 0. The molecule has 0 N–H and O–H groups in total. The van der Waals surface area contributed by atoms with E-state index in [9.17, 15) is 9.59 Å². The summed E-state index contributed by atoms with van der Waals surface area (Å²) in [7, 11) is 0. The number of hydrogen-bond acceptors (Lipinski definition) is 5. The topological polar surface area (TPSA) is 85.9 Å². The summed E-state index contributed by atoms with van der Waals surface area (Å²) >= 11 is 12.1. The third kappa shape index (κ3) is 2.62. The number of carbonyl (C=O) groups excluding carboxylic acids is 2. The number of halogens is 2. The minimum Gasteiger partial charge on any atom is -0.273 e. The molecule has 2 amide bonds. The van der Waals surface area contributed by atoms with E-state index < -0.39 is 29.3 Å². The zero-order valence-corrected chi connectivity index (χ0v) is 15.6. The predicted octanol–water partition coefficient (Wildman–Crippen LogP) is 4.32. The summed E-state index contributed by atoms with van der Waals surface area (Å²) in [6.07, 6.45) is 0. The van der Waals surface area contributed by atoms with Crippen LogP contribution < -0.4 is 4.90 Å². The Morgan fingerprint density at radius 1 is 1.11 bits per heavy atom. The van der Waals surface area contributed by atoms with Crippen molar-refractivity contribution < 1.29 is 9.59 Å². The average molecular weight is 399 g/mol. The second-order valence-electron chi connectivity index (χ2n) is 6.63. The Kier molecular flexibility index (Phi) is 4.02. The number of nitriles is 1. The fourth-order valence-electron chi connectivity index (χ4n) is 3.56. The molecule has 2 aromatic rings. The van der Waals surface area contributed by atoms with Gasteiger partial charge in [-0.1, -0.05) is 35.3 Å². The molecule has 4 rings (SSSR count). The zero-order chi connectivity index (χ0) is 19.3. The van der Waals surface area contributed by atoms with Crippen LogP contribution in [0.2, 0.25) is 10.0 Å². The first-order valence-electron chi connectivity index (χ1n) is 8.12. The number of hydrogen-bond donors (Lipinski definition) is 0. The highest BCUT2D eigenvalue weighted by Crippen LogP contribution is 2.49. The molecule has 2 aliphatic heterocycles. The van der Waals surface area contributed by atoms with Crippen LogP contribution in [0, 0.1) is 17.2 Å². The van der Waals surface area contributed by atoms with Gasteiger partial charge in [0.15, 0.2) is 5.54 Å². The number of imide groups is 1. The van der Waals surface area contributed by atoms with E-state index in [2.05, 4.69) is 10.2 Å². The van der Waals surface area contributed by atoms with E-state index in [1.54, 1.807) is 31.2 Å². The summed E-state index contributed by atoms with van der Waals surface area (Å²) in [5, 5.41) is 18.0. The first-order chi connectivity index (χ1) is 12.8. The van der Waals surface area contributed by atoms with Gasteiger partial charge in [-0.05, 0) is 42.8 Å². The Balaban J connectivity index is 1.76. The quantitative estimate of drug-likeness (QED) is 0.705. The van der Waals surface area contributed by atoms with Crippen LogP contribution in [0.1, 0.15) is 24.1 Å². The predicted molar refractivity (Wildman–Crippen MR) is 99.6 cm³/mol. The lowest BCUT2D eigenvalue weighted by Gasteiger charge is -2.18. The summed E-state index contributed by atoms with van der Waals surface area (Å²) in [6, 6.07) is 12.8. The van der Waals surface area contributed by atoms with Gasteiger partial charge in [-0.15, -0.1) is 0 Å². The Labute approximate surface area is 165 Å². The zero-order valence-electron chi connectivity index (χ0n) is 14.1. The van der Waals surface area contributed by atoms with Gasteiger partial charge in [0.05, 0.1) is 17.3 Å². The molecular formula is C19H12Cl2N4O2. The average Bonchev–Trinajstić information content (AvgIpc) is 3.08. The number of benzene rings is 2. The van der Waals surface area contributed by atoms with Gasteiger partial charge in [0.25, 0.3) is 5.91 Å². The standard InChI is InChI=1S/C19H12Cl2N4O2/c1-19-15(16(23-24-19)11-4-2-10(9-22)3-5-11)17(26)25(18(19)27)14-7-12(20)6-13(21)8-14/h2-8,15-16H,1H3. The molecule has 3 atom stereocenters. The van der Waals surface area contributed by atoms with Crippen LogP contribution in [0.5, 0.6) is 0 Å². The van der Waals surface area contributed by atoms with Crippen molar-refractivity contribution in [1.82, 2.24) is 0 Å². The lowest BCUT2D eigenvalue weighted by molar-refractivity contribution is -0.123. The number of amides is 2. The molecule has 6 nitrogen and oxygen atoms in total. The van der Waals surface area contributed by atoms with Crippen molar-refractivity contribution in [2.45, 2.75) is 18.5 Å². The highest BCUT2D eigenvalue weighted by Gasteiger charge is 2.63. The van der Waals surface area contributed by atoms with Crippen LogP contribution in [0.4, 0.5) is 5.69 Å². The molecule has 8 heteroatoms. The third-order valence-corrected chi connectivity index (χ3v) is 5.36. The second kappa shape index (κ2) is 6.15. The molecule has 2 aliphatic rings. The van der Waals surface area contributed by atoms with E-state index in [1.165, 1.54) is 18.2 Å². The van der Waals surface area contributed by atoms with Crippen LogP contribution in [0.15, 0.2) is 52.7 Å². The van der Waals surface area contributed by atoms with E-state index in [1.807, 2.05) is 6.07 Å². The van der Waals surface area contributed by atoms with Crippen LogP contribution in [-0.2, 0) is 9.59 Å². The minimum absolute atomic E-state index is 0.312. The maximum Gasteiger partial charge on any atom is 0.264 e. The van der Waals surface area contributed by atoms with Crippen molar-refractivity contribution >= 4 is 40.7 Å². The molecule has 0 bridgehead atoms. The normalized spacial score (nSPS) is 26.4. The van der Waals surface area contributed by atoms with E-state index >= 15 is 0 Å². The van der Waals surface area contributed by atoms with Crippen molar-refractivity contribution in [3.05, 3.63) is 63.6 Å². The van der Waals surface area contributed by atoms with E-state index in [-0.39, 0.29) is 0 Å². The number of azo groups is 1. The van der Waals surface area contributed by atoms with Crippen LogP contribution in [-0.4, -0.2) is 17.4 Å². The maximum atomic E-state index is 13.2. The molecule has 1 saturated heterocycles. The first kappa shape index (κ1) is 17.7. The number of fused-ring (bicyclic) bond motifs is 1. The number of nitrogens with zero attached hydrogens (tertiary/aromatic N) is 4. The first-order valence-corrected chi connectivity index (χ1v) is 8.87. The summed E-state index contributed by atoms with van der Waals surface area (Å²) in [5.74, 6) is -1.63. The molecule has 0 aromatic heterocycles. The van der Waals surface area contributed by atoms with Gasteiger partial charge in [0.1, 0.15) is 12.0 Å². The van der Waals surface area contributed by atoms with Gasteiger partial charge in [0.2, 0.25) is 5.91 Å². The largest absolute Gasteiger partial charge is 0.273 e. The lowest BCUT2D eigenvalue weighted by atomic mass is 9.82. The third-order valence-electron chi connectivity index (χ3n) is 4.92. The van der Waals surface area contributed by atoms with E-state index in [4.69, 9.17) is 28.5 Å². The van der Waals surface area contributed by atoms with Gasteiger partial charge in [0, 0.05) is 10.0 Å². The highest BCUT2D eigenvalue weighted by molar-refractivity contribution is 6.36. The van der Waals surface area contributed by atoms with Crippen LogP contribution >= 0.6 is 23.2 Å². The fourth-order valence-corrected chi connectivity index (χ4v) is 4.08.